The number of hydrogen-bond acceptors (Lipinski definition) is 2. The highest BCUT2D eigenvalue weighted by Gasteiger charge is 2.48. The van der Waals surface area contributed by atoms with Crippen LogP contribution < -0.4 is 11.1 Å². The van der Waals surface area contributed by atoms with Gasteiger partial charge in [0.05, 0.1) is 5.41 Å². The second-order valence-electron chi connectivity index (χ2n) is 5.16. The van der Waals surface area contributed by atoms with Gasteiger partial charge in [-0.05, 0) is 43.0 Å². The van der Waals surface area contributed by atoms with E-state index >= 15 is 0 Å². The first-order chi connectivity index (χ1) is 8.26. The van der Waals surface area contributed by atoms with Crippen LogP contribution in [-0.4, -0.2) is 12.5 Å². The van der Waals surface area contributed by atoms with Crippen molar-refractivity contribution in [3.8, 4) is 0 Å². The van der Waals surface area contributed by atoms with Crippen molar-refractivity contribution in [3.63, 3.8) is 0 Å². The molecule has 17 heavy (non-hydrogen) atoms. The molecule has 3 rings (SSSR count). The van der Waals surface area contributed by atoms with Crippen molar-refractivity contribution in [2.45, 2.75) is 37.5 Å². The average molecular weight is 230 g/mol. The summed E-state index contributed by atoms with van der Waals surface area (Å²) in [5.74, 6) is 0.204. The van der Waals surface area contributed by atoms with Crippen LogP contribution in [-0.2, 0) is 16.6 Å². The molecule has 0 bridgehead atoms. The highest BCUT2D eigenvalue weighted by Crippen LogP contribution is 2.48. The molecule has 1 aromatic rings. The van der Waals surface area contributed by atoms with Gasteiger partial charge in [0.25, 0.3) is 0 Å². The van der Waals surface area contributed by atoms with Crippen LogP contribution in [0.4, 0.5) is 5.69 Å². The smallest absolute Gasteiger partial charge is 0.235 e. The van der Waals surface area contributed by atoms with E-state index in [0.29, 0.717) is 6.54 Å². The van der Waals surface area contributed by atoms with Gasteiger partial charge in [-0.15, -0.1) is 0 Å². The Balaban J connectivity index is 2.06. The van der Waals surface area contributed by atoms with Crippen molar-refractivity contribution in [1.82, 2.24) is 0 Å². The van der Waals surface area contributed by atoms with E-state index in [4.69, 9.17) is 5.73 Å². The Morgan fingerprint density at radius 2 is 2.06 bits per heavy atom. The molecule has 1 fully saturated rings. The zero-order valence-corrected chi connectivity index (χ0v) is 9.96. The van der Waals surface area contributed by atoms with Crippen molar-refractivity contribution in [2.24, 2.45) is 5.73 Å². The van der Waals surface area contributed by atoms with Gasteiger partial charge in [0.1, 0.15) is 0 Å². The van der Waals surface area contributed by atoms with E-state index in [1.54, 1.807) is 0 Å². The summed E-state index contributed by atoms with van der Waals surface area (Å²) in [5, 5.41) is 3.03. The summed E-state index contributed by atoms with van der Waals surface area (Å²) < 4.78 is 0. The van der Waals surface area contributed by atoms with E-state index < -0.39 is 0 Å². The predicted octanol–water partition coefficient (Wildman–Crippen LogP) is 1.95. The number of carbonyl (C=O) groups excluding carboxylic acids is 1. The molecule has 1 spiro atoms. The van der Waals surface area contributed by atoms with Gasteiger partial charge in [0.15, 0.2) is 0 Å². The molecular formula is C14H18N2O. The van der Waals surface area contributed by atoms with Crippen LogP contribution in [0.2, 0.25) is 0 Å². The fraction of sp³-hybridized carbons (Fsp3) is 0.500. The van der Waals surface area contributed by atoms with Crippen LogP contribution >= 0.6 is 0 Å². The standard InChI is InChI=1S/C14H18N2O/c15-8-5-10-3-4-12-11(9-10)14(13(17)16-12)6-1-2-7-14/h3-4,9H,1-2,5-8,15H2,(H,16,17). The third kappa shape index (κ3) is 1.49. The summed E-state index contributed by atoms with van der Waals surface area (Å²) in [6.45, 7) is 0.660. The maximum atomic E-state index is 12.2. The van der Waals surface area contributed by atoms with Crippen LogP contribution in [0.15, 0.2) is 18.2 Å². The molecule has 0 saturated heterocycles. The summed E-state index contributed by atoms with van der Waals surface area (Å²) in [4.78, 5) is 12.2. The highest BCUT2D eigenvalue weighted by molar-refractivity contribution is 6.06. The zero-order valence-electron chi connectivity index (χ0n) is 9.96. The first kappa shape index (κ1) is 10.8. The van der Waals surface area contributed by atoms with E-state index in [1.165, 1.54) is 11.1 Å². The first-order valence-corrected chi connectivity index (χ1v) is 6.41. The van der Waals surface area contributed by atoms with Gasteiger partial charge in [-0.25, -0.2) is 0 Å². The van der Waals surface area contributed by atoms with Crippen molar-refractivity contribution in [3.05, 3.63) is 29.3 Å². The maximum absolute atomic E-state index is 12.2. The van der Waals surface area contributed by atoms with Gasteiger partial charge in [-0.2, -0.15) is 0 Å². The number of fused-ring (bicyclic) bond motifs is 2. The lowest BCUT2D eigenvalue weighted by molar-refractivity contribution is -0.120. The Hall–Kier alpha value is -1.35. The minimum atomic E-state index is -0.222. The summed E-state index contributed by atoms with van der Waals surface area (Å²) >= 11 is 0. The largest absolute Gasteiger partial charge is 0.330 e. The molecule has 3 nitrogen and oxygen atoms in total. The minimum Gasteiger partial charge on any atom is -0.330 e. The molecule has 0 aromatic heterocycles. The summed E-state index contributed by atoms with van der Waals surface area (Å²) in [6, 6.07) is 6.29. The molecule has 1 saturated carbocycles. The SMILES string of the molecule is NCCc1ccc2c(c1)C1(CCCC1)C(=O)N2. The lowest BCUT2D eigenvalue weighted by atomic mass is 9.79. The molecule has 1 amide bonds. The fourth-order valence-corrected chi connectivity index (χ4v) is 3.26. The molecule has 1 aliphatic heterocycles. The van der Waals surface area contributed by atoms with Crippen LogP contribution in [0.1, 0.15) is 36.8 Å². The molecule has 1 heterocycles. The van der Waals surface area contributed by atoms with Crippen LogP contribution in [0.25, 0.3) is 0 Å². The highest BCUT2D eigenvalue weighted by atomic mass is 16.2. The number of anilines is 1. The predicted molar refractivity (Wildman–Crippen MR) is 68.0 cm³/mol. The topological polar surface area (TPSA) is 55.1 Å². The molecule has 0 radical (unpaired) electrons. The van der Waals surface area contributed by atoms with Gasteiger partial charge in [0, 0.05) is 5.69 Å². The van der Waals surface area contributed by atoms with Crippen molar-refractivity contribution >= 4 is 11.6 Å². The number of amides is 1. The van der Waals surface area contributed by atoms with E-state index in [2.05, 4.69) is 17.4 Å². The van der Waals surface area contributed by atoms with E-state index in [9.17, 15) is 4.79 Å². The molecule has 1 aromatic carbocycles. The number of rotatable bonds is 2. The van der Waals surface area contributed by atoms with Gasteiger partial charge in [-0.1, -0.05) is 25.0 Å². The summed E-state index contributed by atoms with van der Waals surface area (Å²) in [7, 11) is 0. The fourth-order valence-electron chi connectivity index (χ4n) is 3.26. The molecule has 3 heteroatoms. The molecule has 90 valence electrons. The Bertz CT molecular complexity index is 461. The monoisotopic (exact) mass is 230 g/mol. The number of benzene rings is 1. The maximum Gasteiger partial charge on any atom is 0.235 e. The first-order valence-electron chi connectivity index (χ1n) is 6.41. The molecule has 0 atom stereocenters. The second-order valence-corrected chi connectivity index (χ2v) is 5.16. The third-order valence-corrected chi connectivity index (χ3v) is 4.17. The number of hydrogen-bond donors (Lipinski definition) is 2. The minimum absolute atomic E-state index is 0.204. The Labute approximate surface area is 101 Å². The second kappa shape index (κ2) is 3.84. The molecule has 2 aliphatic rings. The van der Waals surface area contributed by atoms with Gasteiger partial charge in [0.2, 0.25) is 5.91 Å². The van der Waals surface area contributed by atoms with Gasteiger partial charge >= 0.3 is 0 Å². The van der Waals surface area contributed by atoms with Crippen LogP contribution in [0, 0.1) is 0 Å². The van der Waals surface area contributed by atoms with Crippen LogP contribution in [0.5, 0.6) is 0 Å². The molecule has 1 aliphatic carbocycles. The number of nitrogens with one attached hydrogen (secondary N) is 1. The Morgan fingerprint density at radius 3 is 2.76 bits per heavy atom. The van der Waals surface area contributed by atoms with Crippen molar-refractivity contribution in [2.75, 3.05) is 11.9 Å². The lowest BCUT2D eigenvalue weighted by Gasteiger charge is -2.21. The van der Waals surface area contributed by atoms with E-state index in [0.717, 1.165) is 37.8 Å². The molecule has 3 N–H and O–H groups in total. The van der Waals surface area contributed by atoms with E-state index in [-0.39, 0.29) is 11.3 Å². The Kier molecular flexibility index (Phi) is 2.44. The quantitative estimate of drug-likeness (QED) is 0.816. The normalized spacial score (nSPS) is 20.6. The lowest BCUT2D eigenvalue weighted by Crippen LogP contribution is -2.31. The summed E-state index contributed by atoms with van der Waals surface area (Å²) in [6.07, 6.45) is 5.20. The third-order valence-electron chi connectivity index (χ3n) is 4.17. The zero-order chi connectivity index (χ0) is 11.9. The molecule has 0 unspecified atom stereocenters. The van der Waals surface area contributed by atoms with Gasteiger partial charge in [-0.3, -0.25) is 4.79 Å². The van der Waals surface area contributed by atoms with E-state index in [1.807, 2.05) is 6.07 Å². The number of carbonyl (C=O) groups is 1. The average Bonchev–Trinajstić information content (AvgIpc) is 2.90. The summed E-state index contributed by atoms with van der Waals surface area (Å²) in [5.41, 5.74) is 8.84. The van der Waals surface area contributed by atoms with Crippen molar-refractivity contribution in [1.29, 1.82) is 0 Å². The molecular weight excluding hydrogens is 212 g/mol. The van der Waals surface area contributed by atoms with Crippen molar-refractivity contribution < 1.29 is 4.79 Å². The number of nitrogens with two attached hydrogens (primary N) is 1. The van der Waals surface area contributed by atoms with Gasteiger partial charge < -0.3 is 11.1 Å². The van der Waals surface area contributed by atoms with Crippen LogP contribution in [0.3, 0.4) is 0 Å². The Morgan fingerprint density at radius 1 is 1.29 bits per heavy atom.